The maximum atomic E-state index is 12.0. The average molecular weight is 263 g/mol. The summed E-state index contributed by atoms with van der Waals surface area (Å²) in [5.74, 6) is -0.613. The van der Waals surface area contributed by atoms with Crippen LogP contribution in [0, 0.1) is 0 Å². The van der Waals surface area contributed by atoms with Crippen molar-refractivity contribution in [3.05, 3.63) is 23.9 Å². The molecule has 0 bridgehead atoms. The quantitative estimate of drug-likeness (QED) is 0.842. The molecule has 1 fully saturated rings. The van der Waals surface area contributed by atoms with Crippen molar-refractivity contribution in [3.8, 4) is 0 Å². The van der Waals surface area contributed by atoms with E-state index in [0.717, 1.165) is 12.2 Å². The zero-order chi connectivity index (χ0) is 14.0. The van der Waals surface area contributed by atoms with Gasteiger partial charge in [-0.1, -0.05) is 0 Å². The minimum Gasteiger partial charge on any atom is -0.480 e. The summed E-state index contributed by atoms with van der Waals surface area (Å²) in [6.45, 7) is 0. The second-order valence-corrected chi connectivity index (χ2v) is 4.99. The van der Waals surface area contributed by atoms with Crippen molar-refractivity contribution in [2.24, 2.45) is 0 Å². The number of carboxylic acids is 1. The maximum Gasteiger partial charge on any atom is 0.329 e. The van der Waals surface area contributed by atoms with E-state index in [0.29, 0.717) is 18.4 Å². The van der Waals surface area contributed by atoms with Crippen LogP contribution in [0.25, 0.3) is 0 Å². The zero-order valence-electron chi connectivity index (χ0n) is 11.0. The molecule has 6 nitrogen and oxygen atoms in total. The van der Waals surface area contributed by atoms with E-state index in [2.05, 4.69) is 10.3 Å². The van der Waals surface area contributed by atoms with Gasteiger partial charge in [-0.2, -0.15) is 0 Å². The van der Waals surface area contributed by atoms with E-state index >= 15 is 0 Å². The maximum absolute atomic E-state index is 12.0. The van der Waals surface area contributed by atoms with Crippen molar-refractivity contribution >= 4 is 17.7 Å². The van der Waals surface area contributed by atoms with Gasteiger partial charge >= 0.3 is 5.97 Å². The first-order chi connectivity index (χ1) is 8.94. The number of nitrogens with one attached hydrogen (secondary N) is 1. The Bertz CT molecular complexity index is 492. The first-order valence-corrected chi connectivity index (χ1v) is 6.14. The van der Waals surface area contributed by atoms with Gasteiger partial charge in [0.25, 0.3) is 5.91 Å². The van der Waals surface area contributed by atoms with Gasteiger partial charge in [0, 0.05) is 20.3 Å². The molecule has 19 heavy (non-hydrogen) atoms. The van der Waals surface area contributed by atoms with Crippen LogP contribution < -0.4 is 10.2 Å². The molecule has 0 radical (unpaired) electrons. The SMILES string of the molecule is CN(C)c1ccc(C(=O)NC2(C(=O)O)CCC2)cn1. The van der Waals surface area contributed by atoms with E-state index in [1.807, 2.05) is 19.0 Å². The molecule has 1 amide bonds. The number of aromatic nitrogens is 1. The summed E-state index contributed by atoms with van der Waals surface area (Å²) in [5, 5.41) is 11.8. The van der Waals surface area contributed by atoms with Crippen molar-refractivity contribution in [2.45, 2.75) is 24.8 Å². The number of carbonyl (C=O) groups excluding carboxylic acids is 1. The van der Waals surface area contributed by atoms with Crippen LogP contribution in [0.3, 0.4) is 0 Å². The van der Waals surface area contributed by atoms with Crippen molar-refractivity contribution in [1.29, 1.82) is 0 Å². The van der Waals surface area contributed by atoms with Gasteiger partial charge < -0.3 is 15.3 Å². The van der Waals surface area contributed by atoms with E-state index in [-0.39, 0.29) is 5.91 Å². The topological polar surface area (TPSA) is 82.5 Å². The number of hydrogen-bond donors (Lipinski definition) is 2. The van der Waals surface area contributed by atoms with E-state index in [9.17, 15) is 9.59 Å². The van der Waals surface area contributed by atoms with Crippen LogP contribution in [-0.2, 0) is 4.79 Å². The molecule has 0 unspecified atom stereocenters. The number of carboxylic acid groups (broad SMARTS) is 1. The Hall–Kier alpha value is -2.11. The van der Waals surface area contributed by atoms with Gasteiger partial charge in [-0.25, -0.2) is 9.78 Å². The molecule has 0 aromatic carbocycles. The highest BCUT2D eigenvalue weighted by Gasteiger charge is 2.45. The Labute approximate surface area is 111 Å². The smallest absolute Gasteiger partial charge is 0.329 e. The molecular weight excluding hydrogens is 246 g/mol. The molecule has 1 aliphatic carbocycles. The Balaban J connectivity index is 2.10. The number of carbonyl (C=O) groups is 2. The van der Waals surface area contributed by atoms with Gasteiger partial charge in [0.1, 0.15) is 11.4 Å². The largest absolute Gasteiger partial charge is 0.480 e. The highest BCUT2D eigenvalue weighted by molar-refractivity contribution is 5.98. The second kappa shape index (κ2) is 4.87. The molecule has 0 aliphatic heterocycles. The van der Waals surface area contributed by atoms with Crippen LogP contribution in [-0.4, -0.2) is 41.6 Å². The number of amides is 1. The molecule has 102 valence electrons. The van der Waals surface area contributed by atoms with Crippen LogP contribution in [0.2, 0.25) is 0 Å². The number of nitrogens with zero attached hydrogens (tertiary/aromatic N) is 2. The molecule has 0 spiro atoms. The van der Waals surface area contributed by atoms with E-state index in [1.54, 1.807) is 12.1 Å². The summed E-state index contributed by atoms with van der Waals surface area (Å²) in [4.78, 5) is 29.1. The standard InChI is InChI=1S/C13H17N3O3/c1-16(2)10-5-4-9(8-14-10)11(17)15-13(12(18)19)6-3-7-13/h4-5,8H,3,6-7H2,1-2H3,(H,15,17)(H,18,19). The van der Waals surface area contributed by atoms with E-state index in [1.165, 1.54) is 6.20 Å². The lowest BCUT2D eigenvalue weighted by Gasteiger charge is -2.38. The monoisotopic (exact) mass is 263 g/mol. The minimum atomic E-state index is -1.09. The fraction of sp³-hybridized carbons (Fsp3) is 0.462. The Morgan fingerprint density at radius 2 is 2.05 bits per heavy atom. The number of hydrogen-bond acceptors (Lipinski definition) is 4. The van der Waals surface area contributed by atoms with Gasteiger partial charge in [-0.3, -0.25) is 4.79 Å². The van der Waals surface area contributed by atoms with Crippen LogP contribution in [0.15, 0.2) is 18.3 Å². The number of anilines is 1. The first kappa shape index (κ1) is 13.3. The van der Waals surface area contributed by atoms with Gasteiger partial charge in [0.2, 0.25) is 0 Å². The molecular formula is C13H17N3O3. The number of rotatable bonds is 4. The van der Waals surface area contributed by atoms with Crippen molar-refractivity contribution < 1.29 is 14.7 Å². The third kappa shape index (κ3) is 2.52. The molecule has 1 heterocycles. The average Bonchev–Trinajstić information content (AvgIpc) is 2.33. The van der Waals surface area contributed by atoms with Gasteiger partial charge in [-0.05, 0) is 31.4 Å². The fourth-order valence-corrected chi connectivity index (χ4v) is 2.00. The summed E-state index contributed by atoms with van der Waals surface area (Å²) in [6, 6.07) is 3.37. The van der Waals surface area contributed by atoms with Crippen LogP contribution in [0.4, 0.5) is 5.82 Å². The Morgan fingerprint density at radius 3 is 2.42 bits per heavy atom. The Kier molecular flexibility index (Phi) is 3.42. The highest BCUT2D eigenvalue weighted by atomic mass is 16.4. The van der Waals surface area contributed by atoms with Crippen LogP contribution in [0.1, 0.15) is 29.6 Å². The molecule has 1 aliphatic rings. The molecule has 1 aromatic rings. The summed E-state index contributed by atoms with van der Waals surface area (Å²) >= 11 is 0. The minimum absolute atomic E-state index is 0.373. The molecule has 6 heteroatoms. The highest BCUT2D eigenvalue weighted by Crippen LogP contribution is 2.32. The van der Waals surface area contributed by atoms with Gasteiger partial charge in [0.05, 0.1) is 5.56 Å². The molecule has 1 saturated carbocycles. The van der Waals surface area contributed by atoms with E-state index < -0.39 is 11.5 Å². The summed E-state index contributed by atoms with van der Waals surface area (Å²) in [6.07, 6.45) is 3.25. The summed E-state index contributed by atoms with van der Waals surface area (Å²) < 4.78 is 0. The zero-order valence-corrected chi connectivity index (χ0v) is 11.0. The third-order valence-corrected chi connectivity index (χ3v) is 3.44. The van der Waals surface area contributed by atoms with Gasteiger partial charge in [-0.15, -0.1) is 0 Å². The molecule has 1 aromatic heterocycles. The third-order valence-electron chi connectivity index (χ3n) is 3.44. The van der Waals surface area contributed by atoms with Crippen LogP contribution >= 0.6 is 0 Å². The first-order valence-electron chi connectivity index (χ1n) is 6.14. The Morgan fingerprint density at radius 1 is 1.37 bits per heavy atom. The number of aliphatic carboxylic acids is 1. The molecule has 0 atom stereocenters. The second-order valence-electron chi connectivity index (χ2n) is 4.99. The predicted octanol–water partition coefficient (Wildman–Crippen LogP) is 0.885. The lowest BCUT2D eigenvalue weighted by molar-refractivity contribution is -0.148. The fourth-order valence-electron chi connectivity index (χ4n) is 2.00. The van der Waals surface area contributed by atoms with Crippen molar-refractivity contribution in [1.82, 2.24) is 10.3 Å². The van der Waals surface area contributed by atoms with Crippen LogP contribution in [0.5, 0.6) is 0 Å². The lowest BCUT2D eigenvalue weighted by Crippen LogP contribution is -2.59. The lowest BCUT2D eigenvalue weighted by atomic mass is 9.76. The van der Waals surface area contributed by atoms with Crippen molar-refractivity contribution in [2.75, 3.05) is 19.0 Å². The molecule has 0 saturated heterocycles. The van der Waals surface area contributed by atoms with Gasteiger partial charge in [0.15, 0.2) is 0 Å². The predicted molar refractivity (Wildman–Crippen MR) is 70.2 cm³/mol. The number of pyridine rings is 1. The molecule has 2 N–H and O–H groups in total. The summed E-state index contributed by atoms with van der Waals surface area (Å²) in [5.41, 5.74) is -0.713. The molecule has 2 rings (SSSR count). The van der Waals surface area contributed by atoms with E-state index in [4.69, 9.17) is 5.11 Å². The normalized spacial score (nSPS) is 16.3. The van der Waals surface area contributed by atoms with Crippen molar-refractivity contribution in [3.63, 3.8) is 0 Å². The summed E-state index contributed by atoms with van der Waals surface area (Å²) in [7, 11) is 3.71.